The zero-order chi connectivity index (χ0) is 6.41. The van der Waals surface area contributed by atoms with E-state index in [9.17, 15) is 0 Å². The van der Waals surface area contributed by atoms with Crippen LogP contribution < -0.4 is 0 Å². The SMILES string of the molecule is CCOC(C)C=CCl. The van der Waals surface area contributed by atoms with Gasteiger partial charge in [0.25, 0.3) is 0 Å². The van der Waals surface area contributed by atoms with Gasteiger partial charge in [0.1, 0.15) is 0 Å². The van der Waals surface area contributed by atoms with Gasteiger partial charge in [0.15, 0.2) is 0 Å². The third-order valence-corrected chi connectivity index (χ3v) is 0.919. The summed E-state index contributed by atoms with van der Waals surface area (Å²) in [5.74, 6) is 0. The van der Waals surface area contributed by atoms with Crippen LogP contribution in [0.25, 0.3) is 0 Å². The summed E-state index contributed by atoms with van der Waals surface area (Å²) in [6.07, 6.45) is 1.95. The third-order valence-electron chi connectivity index (χ3n) is 0.773. The Kier molecular flexibility index (Phi) is 5.13. The van der Waals surface area contributed by atoms with Gasteiger partial charge in [-0.15, -0.1) is 0 Å². The molecule has 0 N–H and O–H groups in total. The van der Waals surface area contributed by atoms with Crippen molar-refractivity contribution in [2.24, 2.45) is 0 Å². The van der Waals surface area contributed by atoms with Crippen molar-refractivity contribution in [3.05, 3.63) is 11.6 Å². The Morgan fingerprint density at radius 3 is 2.75 bits per heavy atom. The lowest BCUT2D eigenvalue weighted by molar-refractivity contribution is 0.110. The molecule has 0 saturated heterocycles. The zero-order valence-corrected chi connectivity index (χ0v) is 5.98. The molecule has 0 aromatic carbocycles. The maximum Gasteiger partial charge on any atom is 0.0738 e. The molecule has 0 fully saturated rings. The Morgan fingerprint density at radius 2 is 2.38 bits per heavy atom. The lowest BCUT2D eigenvalue weighted by Crippen LogP contribution is -2.02. The molecule has 2 heteroatoms. The predicted octanol–water partition coefficient (Wildman–Crippen LogP) is 2.16. The minimum atomic E-state index is 0.150. The van der Waals surface area contributed by atoms with Gasteiger partial charge in [-0.05, 0) is 19.9 Å². The minimum absolute atomic E-state index is 0.150. The number of halogens is 1. The average molecular weight is 135 g/mol. The summed E-state index contributed by atoms with van der Waals surface area (Å²) in [7, 11) is 0. The van der Waals surface area contributed by atoms with Crippen molar-refractivity contribution in [1.82, 2.24) is 0 Å². The van der Waals surface area contributed by atoms with Gasteiger partial charge in [-0.2, -0.15) is 0 Å². The molecule has 0 spiro atoms. The first-order valence-corrected chi connectivity index (χ1v) is 3.13. The molecule has 0 aliphatic rings. The molecule has 1 nitrogen and oxygen atoms in total. The molecular weight excluding hydrogens is 124 g/mol. The Labute approximate surface area is 55.3 Å². The van der Waals surface area contributed by atoms with Gasteiger partial charge >= 0.3 is 0 Å². The summed E-state index contributed by atoms with van der Waals surface area (Å²) >= 11 is 5.27. The molecule has 0 rings (SSSR count). The van der Waals surface area contributed by atoms with E-state index in [0.29, 0.717) is 0 Å². The molecule has 48 valence electrons. The third kappa shape index (κ3) is 4.16. The quantitative estimate of drug-likeness (QED) is 0.575. The molecule has 0 aliphatic carbocycles. The van der Waals surface area contributed by atoms with E-state index in [2.05, 4.69) is 0 Å². The lowest BCUT2D eigenvalue weighted by atomic mass is 10.4. The largest absolute Gasteiger partial charge is 0.375 e. The second-order valence-corrected chi connectivity index (χ2v) is 1.73. The fourth-order valence-corrected chi connectivity index (χ4v) is 0.626. The van der Waals surface area contributed by atoms with Crippen molar-refractivity contribution >= 4 is 11.6 Å². The first-order valence-electron chi connectivity index (χ1n) is 2.69. The van der Waals surface area contributed by atoms with Gasteiger partial charge in [-0.3, -0.25) is 0 Å². The molecule has 0 bridgehead atoms. The van der Waals surface area contributed by atoms with Gasteiger partial charge in [0.2, 0.25) is 0 Å². The number of rotatable bonds is 3. The fourth-order valence-electron chi connectivity index (χ4n) is 0.421. The van der Waals surface area contributed by atoms with E-state index in [1.54, 1.807) is 6.08 Å². The smallest absolute Gasteiger partial charge is 0.0738 e. The number of hydrogen-bond donors (Lipinski definition) is 0. The van der Waals surface area contributed by atoms with Gasteiger partial charge in [-0.1, -0.05) is 11.6 Å². The van der Waals surface area contributed by atoms with Gasteiger partial charge < -0.3 is 4.74 Å². The van der Waals surface area contributed by atoms with Gasteiger partial charge in [0, 0.05) is 12.1 Å². The van der Waals surface area contributed by atoms with Crippen LogP contribution in [0.3, 0.4) is 0 Å². The second-order valence-electron chi connectivity index (χ2n) is 1.48. The summed E-state index contributed by atoms with van der Waals surface area (Å²) in [4.78, 5) is 0. The molecule has 0 aromatic rings. The molecule has 0 amide bonds. The number of ether oxygens (including phenoxy) is 1. The highest BCUT2D eigenvalue weighted by molar-refractivity contribution is 6.25. The van der Waals surface area contributed by atoms with Crippen LogP contribution in [-0.4, -0.2) is 12.7 Å². The van der Waals surface area contributed by atoms with Crippen LogP contribution in [0, 0.1) is 0 Å². The van der Waals surface area contributed by atoms with E-state index >= 15 is 0 Å². The van der Waals surface area contributed by atoms with E-state index in [1.165, 1.54) is 5.54 Å². The molecule has 0 heterocycles. The Hall–Kier alpha value is -0.0100. The molecule has 8 heavy (non-hydrogen) atoms. The standard InChI is InChI=1S/C6H11ClO/c1-3-8-6(2)4-5-7/h4-6H,3H2,1-2H3. The predicted molar refractivity (Wildman–Crippen MR) is 36.1 cm³/mol. The molecule has 1 atom stereocenters. The van der Waals surface area contributed by atoms with E-state index in [-0.39, 0.29) is 6.10 Å². The maximum atomic E-state index is 5.27. The van der Waals surface area contributed by atoms with Crippen LogP contribution in [0.15, 0.2) is 11.6 Å². The van der Waals surface area contributed by atoms with Crippen LogP contribution in [0.5, 0.6) is 0 Å². The lowest BCUT2D eigenvalue weighted by Gasteiger charge is -2.02. The fraction of sp³-hybridized carbons (Fsp3) is 0.667. The van der Waals surface area contributed by atoms with Gasteiger partial charge in [0.05, 0.1) is 6.10 Å². The Bertz CT molecular complexity index is 70.9. The zero-order valence-electron chi connectivity index (χ0n) is 5.23. The van der Waals surface area contributed by atoms with Crippen molar-refractivity contribution in [3.8, 4) is 0 Å². The highest BCUT2D eigenvalue weighted by atomic mass is 35.5. The number of hydrogen-bond acceptors (Lipinski definition) is 1. The van der Waals surface area contributed by atoms with Crippen molar-refractivity contribution in [2.45, 2.75) is 20.0 Å². The molecule has 0 aromatic heterocycles. The van der Waals surface area contributed by atoms with Crippen LogP contribution in [0.4, 0.5) is 0 Å². The van der Waals surface area contributed by atoms with E-state index in [4.69, 9.17) is 16.3 Å². The van der Waals surface area contributed by atoms with Crippen LogP contribution in [0.2, 0.25) is 0 Å². The summed E-state index contributed by atoms with van der Waals surface area (Å²) in [5.41, 5.74) is 1.47. The van der Waals surface area contributed by atoms with Crippen LogP contribution in [-0.2, 0) is 4.74 Å². The van der Waals surface area contributed by atoms with E-state index < -0.39 is 0 Å². The average Bonchev–Trinajstić information content (AvgIpc) is 1.68. The van der Waals surface area contributed by atoms with E-state index in [1.807, 2.05) is 13.8 Å². The monoisotopic (exact) mass is 134 g/mol. The highest BCUT2D eigenvalue weighted by Gasteiger charge is 1.89. The van der Waals surface area contributed by atoms with Crippen molar-refractivity contribution in [2.75, 3.05) is 6.61 Å². The minimum Gasteiger partial charge on any atom is -0.375 e. The summed E-state index contributed by atoms with van der Waals surface area (Å²) in [5, 5.41) is 0. The Morgan fingerprint density at radius 1 is 1.75 bits per heavy atom. The van der Waals surface area contributed by atoms with E-state index in [0.717, 1.165) is 6.61 Å². The molecular formula is C6H11ClO. The second kappa shape index (κ2) is 5.13. The summed E-state index contributed by atoms with van der Waals surface area (Å²) in [6, 6.07) is 0. The topological polar surface area (TPSA) is 9.23 Å². The Balaban J connectivity index is 3.17. The van der Waals surface area contributed by atoms with Crippen LogP contribution in [0.1, 0.15) is 13.8 Å². The first kappa shape index (κ1) is 7.99. The molecule has 1 unspecified atom stereocenters. The maximum absolute atomic E-state index is 5.27. The molecule has 0 saturated carbocycles. The highest BCUT2D eigenvalue weighted by Crippen LogP contribution is 1.92. The molecule has 0 radical (unpaired) electrons. The van der Waals surface area contributed by atoms with Crippen molar-refractivity contribution in [1.29, 1.82) is 0 Å². The first-order chi connectivity index (χ1) is 3.81. The normalized spacial score (nSPS) is 14.9. The van der Waals surface area contributed by atoms with Crippen LogP contribution >= 0.6 is 11.6 Å². The van der Waals surface area contributed by atoms with Crippen molar-refractivity contribution < 1.29 is 4.74 Å². The summed E-state index contributed by atoms with van der Waals surface area (Å²) in [6.45, 7) is 4.64. The van der Waals surface area contributed by atoms with Gasteiger partial charge in [-0.25, -0.2) is 0 Å². The van der Waals surface area contributed by atoms with Crippen molar-refractivity contribution in [3.63, 3.8) is 0 Å². The summed E-state index contributed by atoms with van der Waals surface area (Å²) < 4.78 is 5.11. The molecule has 0 aliphatic heterocycles.